The highest BCUT2D eigenvalue weighted by molar-refractivity contribution is 7.79. The van der Waals surface area contributed by atoms with E-state index in [4.69, 9.17) is 17.5 Å². The van der Waals surface area contributed by atoms with E-state index in [2.05, 4.69) is 24.5 Å². The van der Waals surface area contributed by atoms with Gasteiger partial charge in [-0.15, -0.1) is 0 Å². The predicted octanol–water partition coefficient (Wildman–Crippen LogP) is 1.36. The van der Waals surface area contributed by atoms with Gasteiger partial charge >= 0.3 is 10.4 Å². The van der Waals surface area contributed by atoms with Crippen LogP contribution in [0.5, 0.6) is 0 Å². The van der Waals surface area contributed by atoms with E-state index in [0.717, 1.165) is 11.8 Å². The van der Waals surface area contributed by atoms with E-state index in [1.54, 1.807) is 0 Å². The SMILES string of the molecule is CC1CCCNC1.CC1CCCNC1.O=S(=O)(O)O. The third-order valence-corrected chi connectivity index (χ3v) is 3.09. The Labute approximate surface area is 116 Å². The fourth-order valence-corrected chi connectivity index (χ4v) is 2.05. The molecule has 2 heterocycles. The summed E-state index contributed by atoms with van der Waals surface area (Å²) in [6, 6.07) is 0. The van der Waals surface area contributed by atoms with E-state index in [1.807, 2.05) is 0 Å². The molecule has 6 nitrogen and oxygen atoms in total. The average molecular weight is 296 g/mol. The van der Waals surface area contributed by atoms with Crippen molar-refractivity contribution in [2.24, 2.45) is 11.8 Å². The Bertz CT molecular complexity index is 273. The van der Waals surface area contributed by atoms with Crippen LogP contribution in [0.4, 0.5) is 0 Å². The number of hydrogen-bond acceptors (Lipinski definition) is 4. The topological polar surface area (TPSA) is 98.7 Å². The third kappa shape index (κ3) is 17.8. The van der Waals surface area contributed by atoms with Crippen LogP contribution in [0.2, 0.25) is 0 Å². The molecule has 0 bridgehead atoms. The van der Waals surface area contributed by atoms with Crippen molar-refractivity contribution in [3.63, 3.8) is 0 Å². The summed E-state index contributed by atoms with van der Waals surface area (Å²) >= 11 is 0. The first kappa shape index (κ1) is 18.8. The third-order valence-electron chi connectivity index (χ3n) is 3.09. The van der Waals surface area contributed by atoms with Crippen molar-refractivity contribution in [3.05, 3.63) is 0 Å². The fourth-order valence-electron chi connectivity index (χ4n) is 2.05. The first-order valence-corrected chi connectivity index (χ1v) is 8.30. The van der Waals surface area contributed by atoms with Gasteiger partial charge in [-0.3, -0.25) is 9.11 Å². The summed E-state index contributed by atoms with van der Waals surface area (Å²) in [6.45, 7) is 9.55. The standard InChI is InChI=1S/2C6H13N.H2O4S/c2*1-6-3-2-4-7-5-6;1-5(2,3)4/h2*6-7H,2-5H2,1H3;(H2,1,2,3,4). The summed E-state index contributed by atoms with van der Waals surface area (Å²) in [4.78, 5) is 0. The van der Waals surface area contributed by atoms with Gasteiger partial charge in [-0.05, 0) is 63.7 Å². The molecule has 0 aromatic rings. The zero-order valence-electron chi connectivity index (χ0n) is 11.9. The minimum atomic E-state index is -4.67. The van der Waals surface area contributed by atoms with Crippen LogP contribution in [-0.2, 0) is 10.4 Å². The second-order valence-corrected chi connectivity index (χ2v) is 6.25. The van der Waals surface area contributed by atoms with E-state index in [-0.39, 0.29) is 0 Å². The molecule has 2 fully saturated rings. The van der Waals surface area contributed by atoms with Gasteiger partial charge in [-0.25, -0.2) is 0 Å². The Balaban J connectivity index is 0.000000261. The van der Waals surface area contributed by atoms with Crippen molar-refractivity contribution < 1.29 is 17.5 Å². The predicted molar refractivity (Wildman–Crippen MR) is 76.7 cm³/mol. The van der Waals surface area contributed by atoms with E-state index in [1.165, 1.54) is 51.9 Å². The molecule has 2 aliphatic heterocycles. The van der Waals surface area contributed by atoms with Crippen LogP contribution in [0.15, 0.2) is 0 Å². The quantitative estimate of drug-likeness (QED) is 0.504. The normalized spacial score (nSPS) is 27.4. The maximum absolute atomic E-state index is 8.74. The summed E-state index contributed by atoms with van der Waals surface area (Å²) in [5.74, 6) is 1.85. The molecule has 116 valence electrons. The number of hydrogen-bond donors (Lipinski definition) is 4. The van der Waals surface area contributed by atoms with Gasteiger partial charge in [-0.1, -0.05) is 13.8 Å². The smallest absolute Gasteiger partial charge is 0.316 e. The first-order chi connectivity index (χ1) is 8.79. The summed E-state index contributed by atoms with van der Waals surface area (Å²) in [5, 5.41) is 6.67. The van der Waals surface area contributed by atoms with Crippen LogP contribution in [0.1, 0.15) is 39.5 Å². The van der Waals surface area contributed by atoms with E-state index < -0.39 is 10.4 Å². The Kier molecular flexibility index (Phi) is 10.4. The highest BCUT2D eigenvalue weighted by Gasteiger charge is 2.05. The highest BCUT2D eigenvalue weighted by atomic mass is 32.3. The van der Waals surface area contributed by atoms with Crippen molar-refractivity contribution in [1.82, 2.24) is 10.6 Å². The van der Waals surface area contributed by atoms with E-state index in [9.17, 15) is 0 Å². The lowest BCUT2D eigenvalue weighted by atomic mass is 10.0. The van der Waals surface area contributed by atoms with E-state index in [0.29, 0.717) is 0 Å². The molecule has 0 aliphatic carbocycles. The molecule has 0 amide bonds. The summed E-state index contributed by atoms with van der Waals surface area (Å²) in [5.41, 5.74) is 0. The van der Waals surface area contributed by atoms with E-state index >= 15 is 0 Å². The van der Waals surface area contributed by atoms with Crippen molar-refractivity contribution in [1.29, 1.82) is 0 Å². The Hall–Kier alpha value is -0.210. The highest BCUT2D eigenvalue weighted by Crippen LogP contribution is 2.07. The minimum Gasteiger partial charge on any atom is -0.316 e. The summed E-state index contributed by atoms with van der Waals surface area (Å²) < 4.78 is 31.6. The molecule has 7 heteroatoms. The molecule has 2 rings (SSSR count). The minimum absolute atomic E-state index is 0.925. The van der Waals surface area contributed by atoms with Crippen LogP contribution in [0, 0.1) is 11.8 Å². The molecule has 19 heavy (non-hydrogen) atoms. The van der Waals surface area contributed by atoms with Gasteiger partial charge in [0.05, 0.1) is 0 Å². The maximum Gasteiger partial charge on any atom is 0.394 e. The average Bonchev–Trinajstić information content (AvgIpc) is 2.29. The summed E-state index contributed by atoms with van der Waals surface area (Å²) in [7, 11) is -4.67. The largest absolute Gasteiger partial charge is 0.394 e. The van der Waals surface area contributed by atoms with Crippen LogP contribution < -0.4 is 10.6 Å². The van der Waals surface area contributed by atoms with Crippen LogP contribution in [0.25, 0.3) is 0 Å². The van der Waals surface area contributed by atoms with Gasteiger partial charge in [0.2, 0.25) is 0 Å². The maximum atomic E-state index is 8.74. The Morgan fingerprint density at radius 3 is 1.32 bits per heavy atom. The lowest BCUT2D eigenvalue weighted by Gasteiger charge is -2.17. The van der Waals surface area contributed by atoms with Gasteiger partial charge in [0.1, 0.15) is 0 Å². The zero-order valence-corrected chi connectivity index (χ0v) is 12.7. The van der Waals surface area contributed by atoms with Gasteiger partial charge < -0.3 is 10.6 Å². The molecule has 2 atom stereocenters. The molecule has 2 aliphatic rings. The first-order valence-electron chi connectivity index (χ1n) is 6.90. The molecule has 2 saturated heterocycles. The number of rotatable bonds is 0. The zero-order chi connectivity index (χ0) is 14.7. The van der Waals surface area contributed by atoms with Gasteiger partial charge in [0.15, 0.2) is 0 Å². The monoisotopic (exact) mass is 296 g/mol. The van der Waals surface area contributed by atoms with Crippen molar-refractivity contribution in [2.45, 2.75) is 39.5 Å². The molecule has 0 saturated carbocycles. The van der Waals surface area contributed by atoms with Gasteiger partial charge in [-0.2, -0.15) is 8.42 Å². The van der Waals surface area contributed by atoms with Gasteiger partial charge in [0.25, 0.3) is 0 Å². The molecular formula is C12H28N2O4S. The molecule has 2 unspecified atom stereocenters. The molecule has 0 radical (unpaired) electrons. The molecule has 0 spiro atoms. The Morgan fingerprint density at radius 1 is 0.895 bits per heavy atom. The Morgan fingerprint density at radius 2 is 1.21 bits per heavy atom. The molecule has 0 aromatic heterocycles. The van der Waals surface area contributed by atoms with Crippen LogP contribution in [-0.4, -0.2) is 43.7 Å². The molecular weight excluding hydrogens is 268 g/mol. The summed E-state index contributed by atoms with van der Waals surface area (Å²) in [6.07, 6.45) is 5.60. The molecule has 0 aromatic carbocycles. The lowest BCUT2D eigenvalue weighted by molar-refractivity contribution is 0.381. The van der Waals surface area contributed by atoms with Crippen molar-refractivity contribution in [3.8, 4) is 0 Å². The second-order valence-electron chi connectivity index (χ2n) is 5.35. The molecule has 4 N–H and O–H groups in total. The van der Waals surface area contributed by atoms with Crippen molar-refractivity contribution >= 4 is 10.4 Å². The fraction of sp³-hybridized carbons (Fsp3) is 1.00. The van der Waals surface area contributed by atoms with Crippen LogP contribution in [0.3, 0.4) is 0 Å². The van der Waals surface area contributed by atoms with Crippen LogP contribution >= 0.6 is 0 Å². The number of piperidine rings is 2. The second kappa shape index (κ2) is 10.6. The van der Waals surface area contributed by atoms with Crippen molar-refractivity contribution in [2.75, 3.05) is 26.2 Å². The lowest BCUT2D eigenvalue weighted by Crippen LogP contribution is -2.27. The number of nitrogens with one attached hydrogen (secondary N) is 2. The van der Waals surface area contributed by atoms with Gasteiger partial charge in [0, 0.05) is 0 Å².